The highest BCUT2D eigenvalue weighted by atomic mass is 16.2. The number of nitrogens with zero attached hydrogens (tertiary/aromatic N) is 1. The molecule has 1 heterocycles. The maximum atomic E-state index is 12.8. The third kappa shape index (κ3) is 1.46. The first-order valence-electron chi connectivity index (χ1n) is 6.65. The molecule has 0 saturated carbocycles. The topological polar surface area (TPSA) is 20.3 Å². The first kappa shape index (κ1) is 12.0. The van der Waals surface area contributed by atoms with Gasteiger partial charge in [0.1, 0.15) is 5.41 Å². The summed E-state index contributed by atoms with van der Waals surface area (Å²) in [5.41, 5.74) is 2.71. The van der Waals surface area contributed by atoms with Gasteiger partial charge in [-0.1, -0.05) is 55.5 Å². The molecule has 0 N–H and O–H groups in total. The third-order valence-corrected chi connectivity index (χ3v) is 4.19. The van der Waals surface area contributed by atoms with Gasteiger partial charge in [-0.05, 0) is 23.6 Å². The van der Waals surface area contributed by atoms with E-state index >= 15 is 0 Å². The van der Waals surface area contributed by atoms with Crippen LogP contribution in [-0.4, -0.2) is 13.0 Å². The Morgan fingerprint density at radius 1 is 1.00 bits per heavy atom. The number of anilines is 1. The molecule has 2 nitrogen and oxygen atoms in total. The Kier molecular flexibility index (Phi) is 2.67. The molecule has 0 aromatic heterocycles. The van der Waals surface area contributed by atoms with Gasteiger partial charge in [-0.25, -0.2) is 0 Å². The van der Waals surface area contributed by atoms with Crippen molar-refractivity contribution in [3.8, 4) is 0 Å². The van der Waals surface area contributed by atoms with Gasteiger partial charge in [0.2, 0.25) is 5.91 Å². The summed E-state index contributed by atoms with van der Waals surface area (Å²) in [6.45, 7) is 2.08. The van der Waals surface area contributed by atoms with E-state index in [1.165, 1.54) is 0 Å². The van der Waals surface area contributed by atoms with Crippen molar-refractivity contribution < 1.29 is 4.79 Å². The third-order valence-electron chi connectivity index (χ3n) is 4.19. The Balaban J connectivity index is 2.30. The maximum absolute atomic E-state index is 12.8. The van der Waals surface area contributed by atoms with Crippen LogP contribution >= 0.6 is 0 Å². The summed E-state index contributed by atoms with van der Waals surface area (Å²) in [5, 5.41) is 0. The van der Waals surface area contributed by atoms with Crippen LogP contribution in [0.3, 0.4) is 0 Å². The van der Waals surface area contributed by atoms with Crippen LogP contribution in [0.25, 0.3) is 0 Å². The summed E-state index contributed by atoms with van der Waals surface area (Å²) < 4.78 is 0. The number of carbonyl (C=O) groups is 1. The van der Waals surface area contributed by atoms with Gasteiger partial charge in [-0.2, -0.15) is 0 Å². The zero-order chi connectivity index (χ0) is 13.5. The van der Waals surface area contributed by atoms with E-state index in [1.807, 2.05) is 43.4 Å². The molecule has 0 fully saturated rings. The Hall–Kier alpha value is -2.09. The summed E-state index contributed by atoms with van der Waals surface area (Å²) in [7, 11) is 1.86. The lowest BCUT2D eigenvalue weighted by molar-refractivity contribution is -0.121. The van der Waals surface area contributed by atoms with E-state index in [-0.39, 0.29) is 5.91 Å². The molecular formula is C17H17NO. The number of fused-ring (bicyclic) bond motifs is 1. The highest BCUT2D eigenvalue weighted by Gasteiger charge is 2.49. The fourth-order valence-corrected chi connectivity index (χ4v) is 3.19. The number of amides is 1. The van der Waals surface area contributed by atoms with Crippen molar-refractivity contribution in [3.63, 3.8) is 0 Å². The molecule has 0 saturated heterocycles. The Morgan fingerprint density at radius 2 is 1.63 bits per heavy atom. The van der Waals surface area contributed by atoms with Gasteiger partial charge in [0, 0.05) is 12.7 Å². The Labute approximate surface area is 113 Å². The van der Waals surface area contributed by atoms with Gasteiger partial charge in [-0.3, -0.25) is 4.79 Å². The van der Waals surface area contributed by atoms with Crippen LogP contribution in [0, 0.1) is 0 Å². The van der Waals surface area contributed by atoms with Crippen molar-refractivity contribution in [2.45, 2.75) is 18.8 Å². The number of hydrogen-bond acceptors (Lipinski definition) is 1. The van der Waals surface area contributed by atoms with Crippen molar-refractivity contribution >= 4 is 11.6 Å². The second kappa shape index (κ2) is 4.23. The van der Waals surface area contributed by atoms with E-state index in [0.29, 0.717) is 0 Å². The molecule has 2 heteroatoms. The predicted octanol–water partition coefficient (Wildman–Crippen LogP) is 3.36. The quantitative estimate of drug-likeness (QED) is 0.801. The van der Waals surface area contributed by atoms with Crippen molar-refractivity contribution in [3.05, 3.63) is 65.7 Å². The Morgan fingerprint density at radius 3 is 2.32 bits per heavy atom. The van der Waals surface area contributed by atoms with Gasteiger partial charge in [-0.15, -0.1) is 0 Å². The van der Waals surface area contributed by atoms with Crippen LogP contribution in [0.2, 0.25) is 0 Å². The minimum absolute atomic E-state index is 0.169. The summed E-state index contributed by atoms with van der Waals surface area (Å²) in [4.78, 5) is 14.6. The molecule has 19 heavy (non-hydrogen) atoms. The number of carbonyl (C=O) groups excluding carboxylic acids is 1. The van der Waals surface area contributed by atoms with E-state index in [0.717, 1.165) is 23.2 Å². The number of benzene rings is 2. The van der Waals surface area contributed by atoms with Crippen LogP contribution in [0.5, 0.6) is 0 Å². The molecule has 1 atom stereocenters. The minimum atomic E-state index is -0.521. The van der Waals surface area contributed by atoms with E-state index in [1.54, 1.807) is 4.90 Å². The van der Waals surface area contributed by atoms with Gasteiger partial charge < -0.3 is 4.90 Å². The lowest BCUT2D eigenvalue weighted by Gasteiger charge is -2.27. The molecule has 96 valence electrons. The van der Waals surface area contributed by atoms with Crippen molar-refractivity contribution in [2.24, 2.45) is 0 Å². The van der Waals surface area contributed by atoms with Gasteiger partial charge in [0.15, 0.2) is 0 Å². The van der Waals surface area contributed by atoms with Crippen LogP contribution in [0.4, 0.5) is 5.69 Å². The Bertz CT molecular complexity index is 620. The monoisotopic (exact) mass is 251 g/mol. The van der Waals surface area contributed by atoms with Crippen molar-refractivity contribution in [1.82, 2.24) is 0 Å². The zero-order valence-electron chi connectivity index (χ0n) is 11.3. The zero-order valence-corrected chi connectivity index (χ0v) is 11.3. The maximum Gasteiger partial charge on any atom is 0.241 e. The van der Waals surface area contributed by atoms with Crippen LogP contribution in [0.15, 0.2) is 54.6 Å². The molecule has 1 aliphatic heterocycles. The van der Waals surface area contributed by atoms with Gasteiger partial charge >= 0.3 is 0 Å². The second-order valence-electron chi connectivity index (χ2n) is 5.01. The van der Waals surface area contributed by atoms with Crippen molar-refractivity contribution in [1.29, 1.82) is 0 Å². The van der Waals surface area contributed by atoms with E-state index in [2.05, 4.69) is 25.1 Å². The van der Waals surface area contributed by atoms with Crippen LogP contribution in [0.1, 0.15) is 24.5 Å². The molecule has 3 rings (SSSR count). The van der Waals surface area contributed by atoms with E-state index < -0.39 is 5.41 Å². The minimum Gasteiger partial charge on any atom is -0.314 e. The fraction of sp³-hybridized carbons (Fsp3) is 0.235. The molecule has 0 spiro atoms. The highest BCUT2D eigenvalue weighted by Crippen LogP contribution is 2.47. The molecule has 2 aromatic carbocycles. The van der Waals surface area contributed by atoms with E-state index in [4.69, 9.17) is 0 Å². The molecule has 0 bridgehead atoms. The molecule has 1 amide bonds. The van der Waals surface area contributed by atoms with Crippen LogP contribution in [-0.2, 0) is 10.2 Å². The first-order chi connectivity index (χ1) is 9.21. The van der Waals surface area contributed by atoms with Gasteiger partial charge in [0.05, 0.1) is 0 Å². The molecule has 1 aliphatic rings. The standard InChI is InChI=1S/C17H17NO/c1-3-17(13-9-5-4-6-10-13)14-11-7-8-12-15(14)18(2)16(17)19/h4-12H,3H2,1-2H3. The predicted molar refractivity (Wildman–Crippen MR) is 77.4 cm³/mol. The number of rotatable bonds is 2. The van der Waals surface area contributed by atoms with E-state index in [9.17, 15) is 4.79 Å². The van der Waals surface area contributed by atoms with Crippen molar-refractivity contribution in [2.75, 3.05) is 11.9 Å². The number of hydrogen-bond donors (Lipinski definition) is 0. The first-order valence-corrected chi connectivity index (χ1v) is 6.65. The second-order valence-corrected chi connectivity index (χ2v) is 5.01. The number of likely N-dealkylation sites (N-methyl/N-ethyl adjacent to an activating group) is 1. The lowest BCUT2D eigenvalue weighted by atomic mass is 9.73. The molecule has 2 aromatic rings. The largest absolute Gasteiger partial charge is 0.314 e. The summed E-state index contributed by atoms with van der Waals surface area (Å²) in [6, 6.07) is 18.2. The van der Waals surface area contributed by atoms with Crippen LogP contribution < -0.4 is 4.90 Å². The number of para-hydroxylation sites is 1. The molecular weight excluding hydrogens is 234 g/mol. The lowest BCUT2D eigenvalue weighted by Crippen LogP contribution is -2.39. The summed E-state index contributed by atoms with van der Waals surface area (Å²) in [6.07, 6.45) is 0.775. The normalized spacial score (nSPS) is 21.6. The summed E-state index contributed by atoms with van der Waals surface area (Å²) >= 11 is 0. The molecule has 1 unspecified atom stereocenters. The fourth-order valence-electron chi connectivity index (χ4n) is 3.19. The smallest absolute Gasteiger partial charge is 0.241 e. The molecule has 0 aliphatic carbocycles. The average Bonchev–Trinajstić information content (AvgIpc) is 2.70. The average molecular weight is 251 g/mol. The van der Waals surface area contributed by atoms with Gasteiger partial charge in [0.25, 0.3) is 0 Å². The SMILES string of the molecule is CCC1(c2ccccc2)C(=O)N(C)c2ccccc21. The molecule has 0 radical (unpaired) electrons. The highest BCUT2D eigenvalue weighted by molar-refractivity contribution is 6.10. The summed E-state index contributed by atoms with van der Waals surface area (Å²) in [5.74, 6) is 0.169.